The Labute approximate surface area is 114 Å². The maximum Gasteiger partial charge on any atom is 0.337 e. The Morgan fingerprint density at radius 3 is 2.53 bits per heavy atom. The van der Waals surface area contributed by atoms with Crippen molar-refractivity contribution in [3.8, 4) is 0 Å². The third kappa shape index (κ3) is 2.81. The summed E-state index contributed by atoms with van der Waals surface area (Å²) in [6.07, 6.45) is 5.70. The molecule has 0 aliphatic heterocycles. The summed E-state index contributed by atoms with van der Waals surface area (Å²) >= 11 is 0. The Morgan fingerprint density at radius 1 is 1.32 bits per heavy atom. The van der Waals surface area contributed by atoms with Crippen molar-refractivity contribution in [3.05, 3.63) is 35.4 Å². The van der Waals surface area contributed by atoms with Crippen LogP contribution in [0.1, 0.15) is 41.6 Å². The number of benzene rings is 1. The van der Waals surface area contributed by atoms with E-state index in [1.54, 1.807) is 0 Å². The molecule has 3 nitrogen and oxygen atoms in total. The highest BCUT2D eigenvalue weighted by Gasteiger charge is 2.53. The Balaban J connectivity index is 1.48. The van der Waals surface area contributed by atoms with E-state index in [9.17, 15) is 4.79 Å². The van der Waals surface area contributed by atoms with Gasteiger partial charge in [0.25, 0.3) is 0 Å². The molecule has 0 saturated heterocycles. The number of ether oxygens (including phenoxy) is 1. The summed E-state index contributed by atoms with van der Waals surface area (Å²) in [7, 11) is 1.41. The van der Waals surface area contributed by atoms with Crippen molar-refractivity contribution in [2.45, 2.75) is 32.2 Å². The van der Waals surface area contributed by atoms with Gasteiger partial charge in [0, 0.05) is 13.1 Å². The lowest BCUT2D eigenvalue weighted by atomic mass is 10.0. The zero-order valence-corrected chi connectivity index (χ0v) is 11.4. The van der Waals surface area contributed by atoms with Gasteiger partial charge in [0.1, 0.15) is 0 Å². The average molecular weight is 259 g/mol. The third-order valence-electron chi connectivity index (χ3n) is 4.52. The van der Waals surface area contributed by atoms with Crippen LogP contribution in [-0.2, 0) is 11.3 Å². The van der Waals surface area contributed by atoms with Crippen molar-refractivity contribution < 1.29 is 9.53 Å². The van der Waals surface area contributed by atoms with Gasteiger partial charge in [0.2, 0.25) is 0 Å². The van der Waals surface area contributed by atoms with E-state index >= 15 is 0 Å². The molecular formula is C16H21NO2. The molecule has 0 bridgehead atoms. The minimum absolute atomic E-state index is 0.273. The molecule has 0 unspecified atom stereocenters. The second-order valence-corrected chi connectivity index (χ2v) is 5.93. The lowest BCUT2D eigenvalue weighted by Crippen LogP contribution is -2.25. The van der Waals surface area contributed by atoms with Gasteiger partial charge in [-0.05, 0) is 54.7 Å². The fourth-order valence-corrected chi connectivity index (χ4v) is 2.92. The van der Waals surface area contributed by atoms with Crippen molar-refractivity contribution in [3.63, 3.8) is 0 Å². The molecule has 1 aromatic carbocycles. The maximum atomic E-state index is 11.3. The van der Waals surface area contributed by atoms with Gasteiger partial charge >= 0.3 is 5.97 Å². The first-order chi connectivity index (χ1) is 9.23. The van der Waals surface area contributed by atoms with Crippen LogP contribution in [0.3, 0.4) is 0 Å². The minimum Gasteiger partial charge on any atom is -0.465 e. The summed E-state index contributed by atoms with van der Waals surface area (Å²) < 4.78 is 4.69. The lowest BCUT2D eigenvalue weighted by molar-refractivity contribution is 0.0600. The number of nitrogens with one attached hydrogen (secondary N) is 1. The van der Waals surface area contributed by atoms with Gasteiger partial charge in [-0.2, -0.15) is 0 Å². The second kappa shape index (κ2) is 4.97. The highest BCUT2D eigenvalue weighted by Crippen LogP contribution is 2.60. The van der Waals surface area contributed by atoms with Gasteiger partial charge in [-0.15, -0.1) is 0 Å². The Hall–Kier alpha value is -1.35. The van der Waals surface area contributed by atoms with Gasteiger partial charge in [-0.1, -0.05) is 12.1 Å². The SMILES string of the molecule is COC(=O)c1ccc(CNCC2(C3CC3)CC2)cc1. The predicted molar refractivity (Wildman–Crippen MR) is 73.9 cm³/mol. The number of hydrogen-bond acceptors (Lipinski definition) is 3. The molecule has 0 aromatic heterocycles. The molecule has 2 fully saturated rings. The molecule has 0 spiro atoms. The summed E-state index contributed by atoms with van der Waals surface area (Å²) in [5, 5.41) is 3.57. The Bertz CT molecular complexity index is 458. The van der Waals surface area contributed by atoms with Crippen LogP contribution in [0.2, 0.25) is 0 Å². The van der Waals surface area contributed by atoms with Crippen LogP contribution in [0.5, 0.6) is 0 Å². The van der Waals surface area contributed by atoms with Gasteiger partial charge in [-0.25, -0.2) is 4.79 Å². The average Bonchev–Trinajstić information content (AvgIpc) is 3.30. The summed E-state index contributed by atoms with van der Waals surface area (Å²) in [5.74, 6) is 0.729. The van der Waals surface area contributed by atoms with Crippen LogP contribution in [0.15, 0.2) is 24.3 Å². The van der Waals surface area contributed by atoms with Crippen LogP contribution < -0.4 is 5.32 Å². The molecule has 3 rings (SSSR count). The third-order valence-corrected chi connectivity index (χ3v) is 4.52. The standard InChI is InChI=1S/C16H21NO2/c1-19-15(18)13-4-2-12(3-5-13)10-17-11-16(8-9-16)14-6-7-14/h2-5,14,17H,6-11H2,1H3. The Kier molecular flexibility index (Phi) is 3.31. The fourth-order valence-electron chi connectivity index (χ4n) is 2.92. The highest BCUT2D eigenvalue weighted by molar-refractivity contribution is 5.89. The number of hydrogen-bond donors (Lipinski definition) is 1. The molecular weight excluding hydrogens is 238 g/mol. The molecule has 19 heavy (non-hydrogen) atoms. The first-order valence-corrected chi connectivity index (χ1v) is 7.11. The first-order valence-electron chi connectivity index (χ1n) is 7.11. The number of rotatable bonds is 6. The summed E-state index contributed by atoms with van der Waals surface area (Å²) in [4.78, 5) is 11.3. The van der Waals surface area contributed by atoms with Crippen molar-refractivity contribution in [1.29, 1.82) is 0 Å². The van der Waals surface area contributed by atoms with Crippen molar-refractivity contribution in [2.24, 2.45) is 11.3 Å². The van der Waals surface area contributed by atoms with Gasteiger partial charge in [-0.3, -0.25) is 0 Å². The highest BCUT2D eigenvalue weighted by atomic mass is 16.5. The zero-order chi connectivity index (χ0) is 13.3. The molecule has 0 atom stereocenters. The molecule has 0 amide bonds. The quantitative estimate of drug-likeness (QED) is 0.798. The first kappa shape index (κ1) is 12.7. The van der Waals surface area contributed by atoms with Crippen molar-refractivity contribution in [2.75, 3.05) is 13.7 Å². The van der Waals surface area contributed by atoms with Gasteiger partial charge in [0.05, 0.1) is 12.7 Å². The smallest absolute Gasteiger partial charge is 0.337 e. The molecule has 0 heterocycles. The van der Waals surface area contributed by atoms with E-state index < -0.39 is 0 Å². The lowest BCUT2D eigenvalue weighted by Gasteiger charge is -2.15. The molecule has 0 radical (unpaired) electrons. The molecule has 102 valence electrons. The topological polar surface area (TPSA) is 38.3 Å². The van der Waals surface area contributed by atoms with Crippen LogP contribution in [-0.4, -0.2) is 19.6 Å². The molecule has 3 heteroatoms. The van der Waals surface area contributed by atoms with Gasteiger partial charge in [0.15, 0.2) is 0 Å². The summed E-state index contributed by atoms with van der Waals surface area (Å²) in [6, 6.07) is 7.65. The van der Waals surface area contributed by atoms with Gasteiger partial charge < -0.3 is 10.1 Å². The van der Waals surface area contributed by atoms with E-state index in [-0.39, 0.29) is 5.97 Å². The summed E-state index contributed by atoms with van der Waals surface area (Å²) in [5.41, 5.74) is 2.48. The molecule has 1 aromatic rings. The Morgan fingerprint density at radius 2 is 2.00 bits per heavy atom. The number of esters is 1. The number of carbonyl (C=O) groups is 1. The van der Waals surface area contributed by atoms with Crippen LogP contribution in [0.4, 0.5) is 0 Å². The van der Waals surface area contributed by atoms with Crippen molar-refractivity contribution >= 4 is 5.97 Å². The van der Waals surface area contributed by atoms with E-state index in [0.717, 1.165) is 19.0 Å². The van der Waals surface area contributed by atoms with E-state index in [1.165, 1.54) is 38.4 Å². The van der Waals surface area contributed by atoms with E-state index in [4.69, 9.17) is 0 Å². The number of methoxy groups -OCH3 is 1. The van der Waals surface area contributed by atoms with E-state index in [0.29, 0.717) is 11.0 Å². The van der Waals surface area contributed by atoms with Crippen LogP contribution in [0.25, 0.3) is 0 Å². The number of carbonyl (C=O) groups excluding carboxylic acids is 1. The molecule has 1 N–H and O–H groups in total. The van der Waals surface area contributed by atoms with E-state index in [2.05, 4.69) is 10.1 Å². The monoisotopic (exact) mass is 259 g/mol. The fraction of sp³-hybridized carbons (Fsp3) is 0.562. The normalized spacial score (nSPS) is 20.1. The molecule has 2 saturated carbocycles. The molecule has 2 aliphatic carbocycles. The maximum absolute atomic E-state index is 11.3. The van der Waals surface area contributed by atoms with Crippen LogP contribution >= 0.6 is 0 Å². The summed E-state index contributed by atoms with van der Waals surface area (Å²) in [6.45, 7) is 2.03. The largest absolute Gasteiger partial charge is 0.465 e. The minimum atomic E-state index is -0.273. The van der Waals surface area contributed by atoms with Crippen LogP contribution in [0, 0.1) is 11.3 Å². The molecule has 2 aliphatic rings. The second-order valence-electron chi connectivity index (χ2n) is 5.93. The zero-order valence-electron chi connectivity index (χ0n) is 11.4. The predicted octanol–water partition coefficient (Wildman–Crippen LogP) is 2.75. The van der Waals surface area contributed by atoms with E-state index in [1.807, 2.05) is 24.3 Å². The van der Waals surface area contributed by atoms with Crippen molar-refractivity contribution in [1.82, 2.24) is 5.32 Å².